The number of amides is 2. The number of nitrogens with zero attached hydrogens (tertiary/aromatic N) is 2. The average Bonchev–Trinajstić information content (AvgIpc) is 3.06. The molecule has 2 heterocycles. The molecule has 1 saturated heterocycles. The Hall–Kier alpha value is -3.04. The molecule has 0 bridgehead atoms. The van der Waals surface area contributed by atoms with Crippen molar-refractivity contribution in [2.75, 3.05) is 25.0 Å². The Kier molecular flexibility index (Phi) is 6.40. The second-order valence-corrected chi connectivity index (χ2v) is 6.86. The molecule has 8 nitrogen and oxygen atoms in total. The van der Waals surface area contributed by atoms with Gasteiger partial charge in [-0.15, -0.1) is 0 Å². The summed E-state index contributed by atoms with van der Waals surface area (Å²) in [6.45, 7) is 0.222. The van der Waals surface area contributed by atoms with Crippen molar-refractivity contribution in [2.24, 2.45) is 11.7 Å². The number of aliphatic hydroxyl groups is 1. The lowest BCUT2D eigenvalue weighted by Crippen LogP contribution is -2.44. The first kappa shape index (κ1) is 20.7. The molecule has 2 aromatic rings. The van der Waals surface area contributed by atoms with E-state index in [1.54, 1.807) is 23.5 Å². The van der Waals surface area contributed by atoms with Crippen LogP contribution >= 0.6 is 0 Å². The number of likely N-dealkylation sites (tertiary alicyclic amines) is 1. The van der Waals surface area contributed by atoms with E-state index in [1.165, 1.54) is 29.0 Å². The van der Waals surface area contributed by atoms with Gasteiger partial charge in [0.25, 0.3) is 5.56 Å². The molecular weight excluding hydrogens is 379 g/mol. The Balaban J connectivity index is 1.68. The molecule has 0 spiro atoms. The van der Waals surface area contributed by atoms with E-state index in [0.717, 1.165) is 6.07 Å². The van der Waals surface area contributed by atoms with Gasteiger partial charge >= 0.3 is 0 Å². The number of pyridine rings is 1. The lowest BCUT2D eigenvalue weighted by atomic mass is 10.0. The number of primary amides is 1. The largest absolute Gasteiger partial charge is 0.396 e. The fourth-order valence-corrected chi connectivity index (χ4v) is 3.42. The molecule has 1 aliphatic heterocycles. The lowest BCUT2D eigenvalue weighted by Gasteiger charge is -2.21. The Bertz CT molecular complexity index is 961. The standard InChI is InChI=1S/C20H22FN4O4/c21-15-10-14(25-7-2-1-3-19(25)28)4-5-16(15)23-18(27)12-24-11-13(6-8-26)9-17(24)20(22)29/h1-5,7,9-10,13,17,26H,6,8,11-12H2,(H2,22,29)(H,23,27). The van der Waals surface area contributed by atoms with E-state index in [4.69, 9.17) is 10.8 Å². The monoisotopic (exact) mass is 401 g/mol. The van der Waals surface area contributed by atoms with Crippen LogP contribution in [0.5, 0.6) is 0 Å². The quantitative estimate of drug-likeness (QED) is 0.616. The van der Waals surface area contributed by atoms with Crippen molar-refractivity contribution in [3.05, 3.63) is 65.2 Å². The van der Waals surface area contributed by atoms with Crippen molar-refractivity contribution in [3.63, 3.8) is 0 Å². The number of carbonyl (C=O) groups excluding carboxylic acids is 2. The minimum absolute atomic E-state index is 0.0330. The van der Waals surface area contributed by atoms with Gasteiger partial charge in [0, 0.05) is 31.5 Å². The molecule has 0 saturated carbocycles. The second-order valence-electron chi connectivity index (χ2n) is 6.86. The normalized spacial score (nSPS) is 19.2. The highest BCUT2D eigenvalue weighted by Gasteiger charge is 2.36. The summed E-state index contributed by atoms with van der Waals surface area (Å²) in [5, 5.41) is 11.5. The van der Waals surface area contributed by atoms with E-state index in [2.05, 4.69) is 5.32 Å². The molecule has 2 amide bonds. The molecule has 1 aliphatic rings. The molecule has 0 aliphatic carbocycles. The van der Waals surface area contributed by atoms with Crippen molar-refractivity contribution < 1.29 is 19.1 Å². The average molecular weight is 401 g/mol. The number of halogens is 1. The lowest BCUT2D eigenvalue weighted by molar-refractivity contribution is -0.123. The van der Waals surface area contributed by atoms with Crippen LogP contribution in [-0.2, 0) is 9.59 Å². The van der Waals surface area contributed by atoms with Gasteiger partial charge in [0.2, 0.25) is 11.8 Å². The first-order chi connectivity index (χ1) is 13.9. The van der Waals surface area contributed by atoms with Gasteiger partial charge in [0.15, 0.2) is 0 Å². The minimum Gasteiger partial charge on any atom is -0.396 e. The first-order valence-electron chi connectivity index (χ1n) is 9.15. The van der Waals surface area contributed by atoms with Crippen molar-refractivity contribution in [1.82, 2.24) is 9.47 Å². The predicted octanol–water partition coefficient (Wildman–Crippen LogP) is 0.287. The molecule has 29 heavy (non-hydrogen) atoms. The van der Waals surface area contributed by atoms with Gasteiger partial charge in [-0.2, -0.15) is 0 Å². The summed E-state index contributed by atoms with van der Waals surface area (Å²) >= 11 is 0. The van der Waals surface area contributed by atoms with Crippen LogP contribution in [0.1, 0.15) is 6.42 Å². The van der Waals surface area contributed by atoms with Gasteiger partial charge < -0.3 is 16.2 Å². The zero-order valence-electron chi connectivity index (χ0n) is 15.6. The molecule has 9 heteroatoms. The summed E-state index contributed by atoms with van der Waals surface area (Å²) in [4.78, 5) is 37.4. The van der Waals surface area contributed by atoms with Crippen LogP contribution in [0.15, 0.2) is 47.4 Å². The summed E-state index contributed by atoms with van der Waals surface area (Å²) in [7, 11) is 0. The van der Waals surface area contributed by atoms with Gasteiger partial charge in [0.1, 0.15) is 5.82 Å². The summed E-state index contributed by atoms with van der Waals surface area (Å²) in [5.41, 5.74) is 5.39. The maximum Gasteiger partial charge on any atom is 0.255 e. The summed E-state index contributed by atoms with van der Waals surface area (Å²) in [5.74, 6) is -1.82. The van der Waals surface area contributed by atoms with Crippen molar-refractivity contribution in [1.29, 1.82) is 0 Å². The molecule has 153 valence electrons. The fourth-order valence-electron chi connectivity index (χ4n) is 3.42. The molecule has 1 radical (unpaired) electrons. The smallest absolute Gasteiger partial charge is 0.255 e. The van der Waals surface area contributed by atoms with Crippen LogP contribution in [0.3, 0.4) is 0 Å². The van der Waals surface area contributed by atoms with Crippen molar-refractivity contribution >= 4 is 17.5 Å². The van der Waals surface area contributed by atoms with E-state index in [1.807, 2.05) is 0 Å². The third-order valence-electron chi connectivity index (χ3n) is 4.78. The molecule has 3 rings (SSSR count). The number of anilines is 1. The molecule has 1 aromatic heterocycles. The summed E-state index contributed by atoms with van der Waals surface area (Å²) < 4.78 is 15.7. The summed E-state index contributed by atoms with van der Waals surface area (Å²) in [6.07, 6.45) is 3.71. The molecule has 2 atom stereocenters. The van der Waals surface area contributed by atoms with Crippen LogP contribution < -0.4 is 16.6 Å². The zero-order valence-corrected chi connectivity index (χ0v) is 15.6. The highest BCUT2D eigenvalue weighted by atomic mass is 19.1. The second kappa shape index (κ2) is 8.97. The number of hydrogen-bond donors (Lipinski definition) is 3. The first-order valence-corrected chi connectivity index (χ1v) is 9.15. The Morgan fingerprint density at radius 2 is 2.07 bits per heavy atom. The van der Waals surface area contributed by atoms with E-state index in [0.29, 0.717) is 18.7 Å². The van der Waals surface area contributed by atoms with Crippen LogP contribution in [-0.4, -0.2) is 52.1 Å². The molecule has 1 aromatic carbocycles. The molecule has 1 fully saturated rings. The molecule has 4 N–H and O–H groups in total. The Morgan fingerprint density at radius 1 is 1.28 bits per heavy atom. The third kappa shape index (κ3) is 4.87. The van der Waals surface area contributed by atoms with Crippen LogP contribution in [0.4, 0.5) is 10.1 Å². The topological polar surface area (TPSA) is 118 Å². The number of nitrogens with one attached hydrogen (secondary N) is 1. The highest BCUT2D eigenvalue weighted by molar-refractivity contribution is 5.93. The van der Waals surface area contributed by atoms with E-state index in [9.17, 15) is 18.8 Å². The maximum atomic E-state index is 14.5. The number of nitrogens with two attached hydrogens (primary N) is 1. The van der Waals surface area contributed by atoms with Crippen LogP contribution in [0.2, 0.25) is 0 Å². The zero-order chi connectivity index (χ0) is 21.0. The van der Waals surface area contributed by atoms with Crippen molar-refractivity contribution in [2.45, 2.75) is 12.5 Å². The minimum atomic E-state index is -0.713. The van der Waals surface area contributed by atoms with Crippen LogP contribution in [0, 0.1) is 18.2 Å². The number of rotatable bonds is 7. The Labute approximate surface area is 166 Å². The number of aromatic nitrogens is 1. The third-order valence-corrected chi connectivity index (χ3v) is 4.78. The molecular formula is C20H22FN4O4. The number of hydrogen-bond acceptors (Lipinski definition) is 5. The fraction of sp³-hybridized carbons (Fsp3) is 0.300. The van der Waals surface area contributed by atoms with E-state index < -0.39 is 23.7 Å². The highest BCUT2D eigenvalue weighted by Crippen LogP contribution is 2.24. The predicted molar refractivity (Wildman–Crippen MR) is 105 cm³/mol. The van der Waals surface area contributed by atoms with Gasteiger partial charge in [-0.25, -0.2) is 4.39 Å². The van der Waals surface area contributed by atoms with E-state index in [-0.39, 0.29) is 30.3 Å². The van der Waals surface area contributed by atoms with Crippen LogP contribution in [0.25, 0.3) is 5.69 Å². The van der Waals surface area contributed by atoms with Gasteiger partial charge in [-0.3, -0.25) is 23.9 Å². The number of carbonyl (C=O) groups is 2. The van der Waals surface area contributed by atoms with E-state index >= 15 is 0 Å². The number of aliphatic hydroxyl groups excluding tert-OH is 1. The van der Waals surface area contributed by atoms with Gasteiger partial charge in [-0.05, 0) is 37.0 Å². The van der Waals surface area contributed by atoms with Crippen molar-refractivity contribution in [3.8, 4) is 5.69 Å². The summed E-state index contributed by atoms with van der Waals surface area (Å²) in [6, 6.07) is 7.94. The molecule has 2 unspecified atom stereocenters. The number of benzene rings is 1. The Morgan fingerprint density at radius 3 is 2.72 bits per heavy atom. The SMILES string of the molecule is NC(=O)C1[CH]C(CCO)CN1CC(=O)Nc1ccc(-n2ccccc2=O)cc1F. The van der Waals surface area contributed by atoms with Gasteiger partial charge in [0.05, 0.1) is 24.0 Å². The maximum absolute atomic E-state index is 14.5. The van der Waals surface area contributed by atoms with Gasteiger partial charge in [-0.1, -0.05) is 6.07 Å².